The molecule has 2 nitrogen and oxygen atoms in total. The third-order valence-corrected chi connectivity index (χ3v) is 2.72. The largest absolute Gasteiger partial charge is 0.496 e. The summed E-state index contributed by atoms with van der Waals surface area (Å²) in [5, 5.41) is 0. The zero-order chi connectivity index (χ0) is 12.6. The van der Waals surface area contributed by atoms with Crippen LogP contribution in [0.25, 0.3) is 0 Å². The Kier molecular flexibility index (Phi) is 3.34. The summed E-state index contributed by atoms with van der Waals surface area (Å²) in [7, 11) is 1.71. The van der Waals surface area contributed by atoms with Crippen molar-refractivity contribution in [2.24, 2.45) is 5.73 Å². The van der Waals surface area contributed by atoms with E-state index in [9.17, 15) is 0 Å². The summed E-state index contributed by atoms with van der Waals surface area (Å²) in [6.45, 7) is 10.5. The predicted octanol–water partition coefficient (Wildman–Crippen LogP) is 3.19. The van der Waals surface area contributed by atoms with Gasteiger partial charge < -0.3 is 10.5 Å². The summed E-state index contributed by atoms with van der Waals surface area (Å²) in [6.07, 6.45) is 0. The summed E-state index contributed by atoms with van der Waals surface area (Å²) in [5.74, 6) is 0.919. The minimum absolute atomic E-state index is 0.0621. The summed E-state index contributed by atoms with van der Waals surface area (Å²) in [5.41, 5.74) is 8.10. The Bertz CT molecular complexity index is 337. The van der Waals surface area contributed by atoms with Crippen molar-refractivity contribution >= 4 is 0 Å². The molecule has 2 N–H and O–H groups in total. The van der Waals surface area contributed by atoms with Gasteiger partial charge in [-0.3, -0.25) is 0 Å². The number of nitrogens with two attached hydrogens (primary N) is 1. The average molecular weight is 221 g/mol. The number of methoxy groups -OCH3 is 1. The molecule has 1 rings (SSSR count). The van der Waals surface area contributed by atoms with Gasteiger partial charge >= 0.3 is 0 Å². The smallest absolute Gasteiger partial charge is 0.127 e. The standard InChI is InChI=1S/C14H23NO/c1-13(2,3)10-8-7-9-11(12(10)16-6)14(4,5)15/h7-9H,15H2,1-6H3. The van der Waals surface area contributed by atoms with Crippen LogP contribution < -0.4 is 10.5 Å². The van der Waals surface area contributed by atoms with Crippen LogP contribution in [0.1, 0.15) is 45.7 Å². The highest BCUT2D eigenvalue weighted by Crippen LogP contribution is 2.37. The van der Waals surface area contributed by atoms with Crippen molar-refractivity contribution in [3.05, 3.63) is 29.3 Å². The molecule has 0 bridgehead atoms. The Balaban J connectivity index is 3.45. The van der Waals surface area contributed by atoms with E-state index in [2.05, 4.69) is 26.8 Å². The van der Waals surface area contributed by atoms with Crippen LogP contribution in [0.5, 0.6) is 5.75 Å². The molecular weight excluding hydrogens is 198 g/mol. The molecule has 16 heavy (non-hydrogen) atoms. The normalized spacial score (nSPS) is 12.7. The van der Waals surface area contributed by atoms with E-state index in [0.29, 0.717) is 0 Å². The van der Waals surface area contributed by atoms with Crippen LogP contribution in [-0.4, -0.2) is 7.11 Å². The van der Waals surface area contributed by atoms with Gasteiger partial charge in [0, 0.05) is 11.1 Å². The Morgan fingerprint density at radius 3 is 1.88 bits per heavy atom. The Hall–Kier alpha value is -1.02. The number of rotatable bonds is 2. The first-order valence-corrected chi connectivity index (χ1v) is 5.65. The van der Waals surface area contributed by atoms with Crippen LogP contribution in [0, 0.1) is 0 Å². The third kappa shape index (κ3) is 2.56. The zero-order valence-corrected chi connectivity index (χ0v) is 11.2. The lowest BCUT2D eigenvalue weighted by atomic mass is 9.82. The van der Waals surface area contributed by atoms with Crippen LogP contribution in [0.4, 0.5) is 0 Å². The lowest BCUT2D eigenvalue weighted by Crippen LogP contribution is -2.30. The van der Waals surface area contributed by atoms with E-state index >= 15 is 0 Å². The van der Waals surface area contributed by atoms with Crippen molar-refractivity contribution in [3.63, 3.8) is 0 Å². The first kappa shape index (κ1) is 13.0. The Morgan fingerprint density at radius 1 is 1.00 bits per heavy atom. The molecule has 0 atom stereocenters. The van der Waals surface area contributed by atoms with Gasteiger partial charge in [0.1, 0.15) is 5.75 Å². The van der Waals surface area contributed by atoms with Crippen molar-refractivity contribution in [2.45, 2.75) is 45.6 Å². The molecular formula is C14H23NO. The van der Waals surface area contributed by atoms with Crippen LogP contribution in [0.15, 0.2) is 18.2 Å². The zero-order valence-electron chi connectivity index (χ0n) is 11.2. The molecule has 0 radical (unpaired) electrons. The van der Waals surface area contributed by atoms with E-state index in [4.69, 9.17) is 10.5 Å². The molecule has 0 amide bonds. The molecule has 1 aromatic rings. The van der Waals surface area contributed by atoms with Crippen molar-refractivity contribution in [3.8, 4) is 5.75 Å². The van der Waals surface area contributed by atoms with Crippen molar-refractivity contribution < 1.29 is 4.74 Å². The minimum Gasteiger partial charge on any atom is -0.496 e. The molecule has 0 aromatic heterocycles. The van der Waals surface area contributed by atoms with Crippen LogP contribution in [0.2, 0.25) is 0 Å². The molecule has 0 aliphatic rings. The van der Waals surface area contributed by atoms with E-state index < -0.39 is 0 Å². The Morgan fingerprint density at radius 2 is 1.50 bits per heavy atom. The van der Waals surface area contributed by atoms with Crippen LogP contribution in [-0.2, 0) is 11.0 Å². The number of hydrogen-bond donors (Lipinski definition) is 1. The molecule has 0 fully saturated rings. The van der Waals surface area contributed by atoms with Crippen molar-refractivity contribution in [1.29, 1.82) is 0 Å². The topological polar surface area (TPSA) is 35.2 Å². The minimum atomic E-state index is -0.382. The van der Waals surface area contributed by atoms with Crippen molar-refractivity contribution in [1.82, 2.24) is 0 Å². The average Bonchev–Trinajstić information content (AvgIpc) is 2.13. The van der Waals surface area contributed by atoms with Gasteiger partial charge in [0.2, 0.25) is 0 Å². The number of hydrogen-bond acceptors (Lipinski definition) is 2. The van der Waals surface area contributed by atoms with E-state index in [0.717, 1.165) is 11.3 Å². The SMILES string of the molecule is COc1c(C(C)(C)C)cccc1C(C)(C)N. The second kappa shape index (κ2) is 4.10. The molecule has 2 heteroatoms. The lowest BCUT2D eigenvalue weighted by molar-refractivity contribution is 0.379. The molecule has 0 spiro atoms. The number of benzene rings is 1. The fraction of sp³-hybridized carbons (Fsp3) is 0.571. The fourth-order valence-electron chi connectivity index (χ4n) is 1.85. The highest BCUT2D eigenvalue weighted by Gasteiger charge is 2.25. The van der Waals surface area contributed by atoms with Gasteiger partial charge in [-0.25, -0.2) is 0 Å². The van der Waals surface area contributed by atoms with E-state index in [1.807, 2.05) is 26.0 Å². The predicted molar refractivity (Wildman–Crippen MR) is 68.9 cm³/mol. The molecule has 90 valence electrons. The van der Waals surface area contributed by atoms with Gasteiger partial charge in [-0.05, 0) is 24.8 Å². The molecule has 0 unspecified atom stereocenters. The quantitative estimate of drug-likeness (QED) is 0.832. The summed E-state index contributed by atoms with van der Waals surface area (Å²) in [4.78, 5) is 0. The number of ether oxygens (including phenoxy) is 1. The molecule has 1 aromatic carbocycles. The van der Waals surface area contributed by atoms with E-state index in [1.165, 1.54) is 5.56 Å². The highest BCUT2D eigenvalue weighted by atomic mass is 16.5. The fourth-order valence-corrected chi connectivity index (χ4v) is 1.85. The van der Waals surface area contributed by atoms with Gasteiger partial charge in [-0.1, -0.05) is 39.0 Å². The molecule has 0 heterocycles. The van der Waals surface area contributed by atoms with Gasteiger partial charge in [0.05, 0.1) is 7.11 Å². The first-order valence-electron chi connectivity index (χ1n) is 5.65. The maximum atomic E-state index is 6.17. The second-order valence-corrected chi connectivity index (χ2v) is 5.86. The molecule has 0 aliphatic heterocycles. The number of para-hydroxylation sites is 1. The maximum absolute atomic E-state index is 6.17. The van der Waals surface area contributed by atoms with E-state index in [-0.39, 0.29) is 11.0 Å². The first-order chi connectivity index (χ1) is 7.18. The van der Waals surface area contributed by atoms with Gasteiger partial charge in [-0.2, -0.15) is 0 Å². The van der Waals surface area contributed by atoms with Crippen LogP contribution in [0.3, 0.4) is 0 Å². The van der Waals surface area contributed by atoms with Gasteiger partial charge in [-0.15, -0.1) is 0 Å². The summed E-state index contributed by atoms with van der Waals surface area (Å²) < 4.78 is 5.55. The summed E-state index contributed by atoms with van der Waals surface area (Å²) >= 11 is 0. The second-order valence-electron chi connectivity index (χ2n) is 5.86. The van der Waals surface area contributed by atoms with Crippen LogP contribution >= 0.6 is 0 Å². The van der Waals surface area contributed by atoms with E-state index in [1.54, 1.807) is 7.11 Å². The summed E-state index contributed by atoms with van der Waals surface area (Å²) in [6, 6.07) is 6.19. The molecule has 0 aliphatic carbocycles. The van der Waals surface area contributed by atoms with Gasteiger partial charge in [0.15, 0.2) is 0 Å². The van der Waals surface area contributed by atoms with Gasteiger partial charge in [0.25, 0.3) is 0 Å². The maximum Gasteiger partial charge on any atom is 0.127 e. The Labute approximate surface area is 98.8 Å². The lowest BCUT2D eigenvalue weighted by Gasteiger charge is -2.28. The third-order valence-electron chi connectivity index (χ3n) is 2.72. The molecule has 0 saturated carbocycles. The monoisotopic (exact) mass is 221 g/mol. The van der Waals surface area contributed by atoms with Crippen molar-refractivity contribution in [2.75, 3.05) is 7.11 Å². The highest BCUT2D eigenvalue weighted by molar-refractivity contribution is 5.47. The molecule has 0 saturated heterocycles.